The summed E-state index contributed by atoms with van der Waals surface area (Å²) in [6.45, 7) is 1.01. The summed E-state index contributed by atoms with van der Waals surface area (Å²) in [6.07, 6.45) is 7.22. The fraction of sp³-hybridized carbons (Fsp3) is 0.417. The van der Waals surface area contributed by atoms with Gasteiger partial charge in [0.2, 0.25) is 11.8 Å². The van der Waals surface area contributed by atoms with Crippen LogP contribution in [0, 0.1) is 23.2 Å². The Morgan fingerprint density at radius 3 is 2.75 bits per heavy atom. The third-order valence-corrected chi connectivity index (χ3v) is 6.20. The maximum absolute atomic E-state index is 13.2. The number of benzene rings is 1. The number of nitrogens with zero attached hydrogens (tertiary/aromatic N) is 3. The number of carbonyl (C=O) groups is 2. The number of hydroxylamine groups is 2. The van der Waals surface area contributed by atoms with Crippen LogP contribution in [0.1, 0.15) is 59.6 Å². The zero-order valence-corrected chi connectivity index (χ0v) is 17.8. The highest BCUT2D eigenvalue weighted by Gasteiger charge is 2.37. The van der Waals surface area contributed by atoms with Crippen LogP contribution in [0.25, 0.3) is 0 Å². The van der Waals surface area contributed by atoms with Gasteiger partial charge in [-0.3, -0.25) is 19.4 Å². The summed E-state index contributed by atoms with van der Waals surface area (Å²) < 4.78 is 5.87. The smallest absolute Gasteiger partial charge is 0.249 e. The molecular weight excluding hydrogens is 408 g/mol. The van der Waals surface area contributed by atoms with Gasteiger partial charge in [0, 0.05) is 30.3 Å². The van der Waals surface area contributed by atoms with Crippen molar-refractivity contribution in [1.82, 2.24) is 10.0 Å². The van der Waals surface area contributed by atoms with Crippen LogP contribution < -0.4 is 10.5 Å². The molecule has 1 aliphatic heterocycles. The van der Waals surface area contributed by atoms with Crippen LogP contribution >= 0.6 is 0 Å². The fourth-order valence-electron chi connectivity index (χ4n) is 4.40. The Morgan fingerprint density at radius 1 is 1.19 bits per heavy atom. The number of nitrogens with two attached hydrogens (primary N) is 1. The largest absolute Gasteiger partial charge is 0.493 e. The van der Waals surface area contributed by atoms with Crippen LogP contribution in [0.3, 0.4) is 0 Å². The Balaban J connectivity index is 1.31. The number of pyridine rings is 1. The highest BCUT2D eigenvalue weighted by atomic mass is 16.7. The van der Waals surface area contributed by atoms with E-state index in [4.69, 9.17) is 20.6 Å². The minimum absolute atomic E-state index is 0.00314. The molecule has 2 N–H and O–H groups in total. The Bertz CT molecular complexity index is 1030. The summed E-state index contributed by atoms with van der Waals surface area (Å²) in [6, 6.07) is 10.5. The third kappa shape index (κ3) is 4.89. The molecule has 32 heavy (non-hydrogen) atoms. The second-order valence-corrected chi connectivity index (χ2v) is 8.34. The van der Waals surface area contributed by atoms with E-state index < -0.39 is 5.91 Å². The molecule has 1 aliphatic carbocycles. The highest BCUT2D eigenvalue weighted by molar-refractivity contribution is 5.93. The molecule has 1 saturated carbocycles. The molecule has 0 spiro atoms. The average Bonchev–Trinajstić information content (AvgIpc) is 3.33. The normalized spacial score (nSPS) is 22.8. The van der Waals surface area contributed by atoms with Crippen molar-refractivity contribution in [3.63, 3.8) is 0 Å². The summed E-state index contributed by atoms with van der Waals surface area (Å²) in [5.74, 6) is 0.414. The average molecular weight is 434 g/mol. The van der Waals surface area contributed by atoms with Crippen LogP contribution in [0.4, 0.5) is 0 Å². The van der Waals surface area contributed by atoms with Crippen molar-refractivity contribution in [3.05, 3.63) is 59.4 Å². The van der Waals surface area contributed by atoms with Gasteiger partial charge in [0.1, 0.15) is 11.8 Å². The van der Waals surface area contributed by atoms with Gasteiger partial charge in [0.05, 0.1) is 24.8 Å². The lowest BCUT2D eigenvalue weighted by Gasteiger charge is -2.31. The number of rotatable bonds is 6. The van der Waals surface area contributed by atoms with E-state index in [2.05, 4.69) is 11.1 Å². The standard InChI is InChI=1S/C24H26N4O4/c25-12-17-10-20(14-27-13-17)22-8-9-32-28(22)24(30)18-6-4-16(5-7-18)15-31-21-3-1-2-19(11-21)23(26)29/h1-3,10-11,13-14,16,18,22H,4-9,15H2,(H2,26,29)/t16-,18-,22-/m0/s1. The van der Waals surface area contributed by atoms with Gasteiger partial charge in [-0.2, -0.15) is 5.26 Å². The summed E-state index contributed by atoms with van der Waals surface area (Å²) in [5, 5.41) is 10.6. The fourth-order valence-corrected chi connectivity index (χ4v) is 4.40. The maximum atomic E-state index is 13.2. The van der Waals surface area contributed by atoms with Gasteiger partial charge in [0.15, 0.2) is 0 Å². The molecule has 2 aliphatic rings. The van der Waals surface area contributed by atoms with E-state index >= 15 is 0 Å². The first-order chi connectivity index (χ1) is 15.5. The van der Waals surface area contributed by atoms with E-state index in [1.165, 1.54) is 11.3 Å². The summed E-state index contributed by atoms with van der Waals surface area (Å²) in [7, 11) is 0. The van der Waals surface area contributed by atoms with E-state index in [-0.39, 0.29) is 17.9 Å². The van der Waals surface area contributed by atoms with E-state index in [1.54, 1.807) is 30.5 Å². The van der Waals surface area contributed by atoms with Gasteiger partial charge in [-0.1, -0.05) is 6.07 Å². The Morgan fingerprint density at radius 2 is 2.00 bits per heavy atom. The lowest BCUT2D eigenvalue weighted by molar-refractivity contribution is -0.183. The molecule has 166 valence electrons. The minimum atomic E-state index is -0.480. The number of hydrogen-bond acceptors (Lipinski definition) is 6. The van der Waals surface area contributed by atoms with Crippen LogP contribution in [-0.4, -0.2) is 35.1 Å². The van der Waals surface area contributed by atoms with Gasteiger partial charge in [-0.25, -0.2) is 5.06 Å². The van der Waals surface area contributed by atoms with Crippen molar-refractivity contribution in [2.45, 2.75) is 38.1 Å². The highest BCUT2D eigenvalue weighted by Crippen LogP contribution is 2.36. The molecule has 8 heteroatoms. The van der Waals surface area contributed by atoms with Crippen molar-refractivity contribution in [3.8, 4) is 11.8 Å². The molecule has 0 radical (unpaired) electrons. The van der Waals surface area contributed by atoms with Crippen molar-refractivity contribution < 1.29 is 19.2 Å². The monoisotopic (exact) mass is 434 g/mol. The summed E-state index contributed by atoms with van der Waals surface area (Å²) in [4.78, 5) is 34.3. The quantitative estimate of drug-likeness (QED) is 0.746. The number of carbonyl (C=O) groups excluding carboxylic acids is 2. The molecule has 1 saturated heterocycles. The third-order valence-electron chi connectivity index (χ3n) is 6.20. The number of amides is 2. The lowest BCUT2D eigenvalue weighted by atomic mass is 9.81. The Kier molecular flexibility index (Phi) is 6.66. The number of nitriles is 1. The van der Waals surface area contributed by atoms with E-state index in [0.29, 0.717) is 42.4 Å². The number of primary amides is 1. The first-order valence-electron chi connectivity index (χ1n) is 10.9. The molecule has 1 atom stereocenters. The van der Waals surface area contributed by atoms with Gasteiger partial charge >= 0.3 is 0 Å². The molecule has 8 nitrogen and oxygen atoms in total. The van der Waals surface area contributed by atoms with Gasteiger partial charge in [-0.05, 0) is 61.4 Å². The van der Waals surface area contributed by atoms with Crippen molar-refractivity contribution >= 4 is 11.8 Å². The van der Waals surface area contributed by atoms with E-state index in [1.807, 2.05) is 6.07 Å². The molecule has 1 aromatic heterocycles. The van der Waals surface area contributed by atoms with E-state index in [0.717, 1.165) is 31.2 Å². The first-order valence-corrected chi connectivity index (χ1v) is 10.9. The Hall–Kier alpha value is -3.44. The molecule has 0 unspecified atom stereocenters. The van der Waals surface area contributed by atoms with Gasteiger partial charge in [-0.15, -0.1) is 0 Å². The van der Waals surface area contributed by atoms with Crippen molar-refractivity contribution in [2.24, 2.45) is 17.6 Å². The predicted molar refractivity (Wildman–Crippen MR) is 115 cm³/mol. The summed E-state index contributed by atoms with van der Waals surface area (Å²) in [5.41, 5.74) is 7.05. The second kappa shape index (κ2) is 9.79. The lowest BCUT2D eigenvalue weighted by Crippen LogP contribution is -2.37. The van der Waals surface area contributed by atoms with E-state index in [9.17, 15) is 9.59 Å². The molecule has 4 rings (SSSR count). The molecule has 0 bridgehead atoms. The SMILES string of the molecule is N#Cc1cncc([C@@H]2CCON2C(=O)[C@H]2CC[C@H](COc3cccc(C(N)=O)c3)CC2)c1. The van der Waals surface area contributed by atoms with Gasteiger partial charge < -0.3 is 10.5 Å². The van der Waals surface area contributed by atoms with Crippen LogP contribution in [0.15, 0.2) is 42.7 Å². The zero-order chi connectivity index (χ0) is 22.5. The molecular formula is C24H26N4O4. The van der Waals surface area contributed by atoms with Crippen molar-refractivity contribution in [1.29, 1.82) is 5.26 Å². The Labute approximate surface area is 186 Å². The molecule has 1 aromatic carbocycles. The molecule has 2 heterocycles. The predicted octanol–water partition coefficient (Wildman–Crippen LogP) is 3.14. The molecule has 2 fully saturated rings. The van der Waals surface area contributed by atoms with Crippen LogP contribution in [0.5, 0.6) is 5.75 Å². The van der Waals surface area contributed by atoms with Crippen molar-refractivity contribution in [2.75, 3.05) is 13.2 Å². The molecule has 2 aromatic rings. The summed E-state index contributed by atoms with van der Waals surface area (Å²) >= 11 is 0. The number of hydrogen-bond donors (Lipinski definition) is 1. The minimum Gasteiger partial charge on any atom is -0.493 e. The number of ether oxygens (including phenoxy) is 1. The zero-order valence-electron chi connectivity index (χ0n) is 17.8. The topological polar surface area (TPSA) is 119 Å². The first kappa shape index (κ1) is 21.8. The van der Waals surface area contributed by atoms with Crippen LogP contribution in [-0.2, 0) is 9.63 Å². The maximum Gasteiger partial charge on any atom is 0.249 e. The van der Waals surface area contributed by atoms with Crippen LogP contribution in [0.2, 0.25) is 0 Å². The second-order valence-electron chi connectivity index (χ2n) is 8.34. The molecule has 2 amide bonds. The number of aromatic nitrogens is 1. The van der Waals surface area contributed by atoms with Gasteiger partial charge in [0.25, 0.3) is 0 Å².